The number of hydrogen-bond donors (Lipinski definition) is 1. The highest BCUT2D eigenvalue weighted by atomic mass is 16.5. The van der Waals surface area contributed by atoms with Crippen LogP contribution in [-0.2, 0) is 14.3 Å². The Labute approximate surface area is 198 Å². The summed E-state index contributed by atoms with van der Waals surface area (Å²) in [5.41, 5.74) is 3.35. The number of aliphatic hydroxyl groups is 1. The van der Waals surface area contributed by atoms with Gasteiger partial charge in [0.15, 0.2) is 5.76 Å². The van der Waals surface area contributed by atoms with Gasteiger partial charge in [-0.05, 0) is 56.5 Å². The van der Waals surface area contributed by atoms with Crippen molar-refractivity contribution < 1.29 is 24.2 Å². The lowest BCUT2D eigenvalue weighted by molar-refractivity contribution is -0.140. The van der Waals surface area contributed by atoms with E-state index < -0.39 is 17.7 Å². The van der Waals surface area contributed by atoms with Crippen LogP contribution in [0, 0.1) is 13.8 Å². The zero-order valence-electron chi connectivity index (χ0n) is 19.9. The van der Waals surface area contributed by atoms with E-state index in [0.29, 0.717) is 54.5 Å². The maximum atomic E-state index is 13.2. The number of amides is 1. The van der Waals surface area contributed by atoms with Gasteiger partial charge < -0.3 is 23.9 Å². The summed E-state index contributed by atoms with van der Waals surface area (Å²) in [6, 6.07) is 10.3. The predicted octanol–water partition coefficient (Wildman–Crippen LogP) is 3.81. The van der Waals surface area contributed by atoms with Crippen LogP contribution in [0.1, 0.15) is 41.9 Å². The molecule has 3 heterocycles. The molecule has 3 aromatic rings. The third-order valence-corrected chi connectivity index (χ3v) is 6.10. The summed E-state index contributed by atoms with van der Waals surface area (Å²) in [7, 11) is 1.59. The average molecular weight is 464 g/mol. The van der Waals surface area contributed by atoms with Crippen molar-refractivity contribution in [3.05, 3.63) is 70.7 Å². The van der Waals surface area contributed by atoms with Crippen LogP contribution in [0.2, 0.25) is 0 Å². The molecule has 34 heavy (non-hydrogen) atoms. The van der Waals surface area contributed by atoms with Gasteiger partial charge in [0.1, 0.15) is 17.1 Å². The number of benzene rings is 1. The number of hydrogen-bond acceptors (Lipinski definition) is 6. The highest BCUT2D eigenvalue weighted by Crippen LogP contribution is 2.40. The summed E-state index contributed by atoms with van der Waals surface area (Å²) < 4.78 is 12.5. The number of likely N-dealkylation sites (tertiary alicyclic amines) is 1. The summed E-state index contributed by atoms with van der Waals surface area (Å²) >= 11 is 0. The van der Waals surface area contributed by atoms with E-state index in [2.05, 4.69) is 4.98 Å². The van der Waals surface area contributed by atoms with Crippen LogP contribution in [0.3, 0.4) is 0 Å². The van der Waals surface area contributed by atoms with Gasteiger partial charge in [0.2, 0.25) is 0 Å². The Kier molecular flexibility index (Phi) is 6.70. The van der Waals surface area contributed by atoms with Gasteiger partial charge in [-0.3, -0.25) is 9.59 Å². The molecule has 1 aliphatic rings. The second-order valence-electron chi connectivity index (χ2n) is 8.27. The summed E-state index contributed by atoms with van der Waals surface area (Å²) in [5.74, 6) is -0.947. The molecule has 0 spiro atoms. The molecule has 0 aliphatic carbocycles. The van der Waals surface area contributed by atoms with Crippen molar-refractivity contribution in [3.8, 4) is 5.75 Å². The molecule has 0 saturated carbocycles. The third-order valence-electron chi connectivity index (χ3n) is 6.10. The first-order chi connectivity index (χ1) is 16.4. The number of aryl methyl sites for hydroxylation is 2. The molecule has 1 aromatic carbocycles. The number of aliphatic hydroxyl groups excluding tert-OH is 1. The first-order valence-corrected chi connectivity index (χ1v) is 11.3. The minimum atomic E-state index is -0.738. The smallest absolute Gasteiger partial charge is 0.295 e. The average Bonchev–Trinajstić information content (AvgIpc) is 3.30. The number of Topliss-reactive ketones (excluding diaryl/α,β-unsaturated/α-hetero) is 1. The highest BCUT2D eigenvalue weighted by Gasteiger charge is 2.46. The Morgan fingerprint density at radius 2 is 1.88 bits per heavy atom. The Bertz CT molecular complexity index is 1260. The minimum absolute atomic E-state index is 0.0377. The SMILES string of the molecule is CCOc1ccc(C2/C(=C(\O)c3nc4c(C)cccn4c3C)C(=O)C(=O)N2CCCOC)cc1. The lowest BCUT2D eigenvalue weighted by Gasteiger charge is -2.25. The van der Waals surface area contributed by atoms with Gasteiger partial charge in [-0.1, -0.05) is 18.2 Å². The largest absolute Gasteiger partial charge is 0.505 e. The van der Waals surface area contributed by atoms with Crippen LogP contribution < -0.4 is 4.74 Å². The molecule has 1 amide bonds. The van der Waals surface area contributed by atoms with Gasteiger partial charge in [-0.2, -0.15) is 0 Å². The number of ether oxygens (including phenoxy) is 2. The highest BCUT2D eigenvalue weighted by molar-refractivity contribution is 6.46. The van der Waals surface area contributed by atoms with E-state index >= 15 is 0 Å². The molecule has 0 radical (unpaired) electrons. The topological polar surface area (TPSA) is 93.4 Å². The third kappa shape index (κ3) is 4.05. The van der Waals surface area contributed by atoms with Gasteiger partial charge in [0, 0.05) is 26.5 Å². The van der Waals surface area contributed by atoms with Crippen LogP contribution in [-0.4, -0.2) is 57.9 Å². The second kappa shape index (κ2) is 9.69. The second-order valence-corrected chi connectivity index (χ2v) is 8.27. The Balaban J connectivity index is 1.86. The molecule has 1 unspecified atom stereocenters. The number of rotatable bonds is 8. The monoisotopic (exact) mass is 463 g/mol. The van der Waals surface area contributed by atoms with Gasteiger partial charge in [0.25, 0.3) is 11.7 Å². The van der Waals surface area contributed by atoms with Gasteiger partial charge >= 0.3 is 0 Å². The zero-order valence-corrected chi connectivity index (χ0v) is 19.9. The number of imidazole rings is 1. The van der Waals surface area contributed by atoms with E-state index in [1.807, 2.05) is 55.6 Å². The number of methoxy groups -OCH3 is 1. The normalized spacial score (nSPS) is 17.6. The maximum absolute atomic E-state index is 13.2. The van der Waals surface area contributed by atoms with E-state index in [1.54, 1.807) is 19.2 Å². The van der Waals surface area contributed by atoms with Gasteiger partial charge in [0.05, 0.1) is 23.9 Å². The summed E-state index contributed by atoms with van der Waals surface area (Å²) in [4.78, 5) is 32.4. The first-order valence-electron chi connectivity index (χ1n) is 11.3. The Hall–Kier alpha value is -3.65. The molecule has 1 fully saturated rings. The van der Waals surface area contributed by atoms with Gasteiger partial charge in [-0.25, -0.2) is 4.98 Å². The van der Waals surface area contributed by atoms with Crippen molar-refractivity contribution in [2.75, 3.05) is 26.9 Å². The molecule has 0 bridgehead atoms. The maximum Gasteiger partial charge on any atom is 0.295 e. The number of pyridine rings is 1. The molecule has 8 nitrogen and oxygen atoms in total. The molecule has 2 aromatic heterocycles. The molecule has 1 atom stereocenters. The number of carbonyl (C=O) groups is 2. The number of aromatic nitrogens is 2. The van der Waals surface area contributed by atoms with E-state index in [0.717, 1.165) is 5.56 Å². The fourth-order valence-electron chi connectivity index (χ4n) is 4.42. The molecule has 1 N–H and O–H groups in total. The minimum Gasteiger partial charge on any atom is -0.505 e. The lowest BCUT2D eigenvalue weighted by atomic mass is 9.96. The summed E-state index contributed by atoms with van der Waals surface area (Å²) in [6.45, 7) is 6.95. The van der Waals surface area contributed by atoms with E-state index in [-0.39, 0.29) is 11.3 Å². The fourth-order valence-corrected chi connectivity index (χ4v) is 4.42. The number of ketones is 1. The molecule has 8 heteroatoms. The standard InChI is InChI=1S/C26H29N3O5/c1-5-34-19-11-9-18(10-12-19)22-20(24(31)26(32)29(22)14-7-15-33-4)23(30)21-17(3)28-13-6-8-16(2)25(28)27-21/h6,8-13,22,30H,5,7,14-15H2,1-4H3/b23-20+. The zero-order chi connectivity index (χ0) is 24.4. The van der Waals surface area contributed by atoms with Crippen molar-refractivity contribution in [2.45, 2.75) is 33.2 Å². The Morgan fingerprint density at radius 3 is 2.53 bits per heavy atom. The number of fused-ring (bicyclic) bond motifs is 1. The van der Waals surface area contributed by atoms with Crippen molar-refractivity contribution in [2.24, 2.45) is 0 Å². The van der Waals surface area contributed by atoms with Crippen LogP contribution in [0.4, 0.5) is 0 Å². The summed E-state index contributed by atoms with van der Waals surface area (Å²) in [6.07, 6.45) is 2.42. The van der Waals surface area contributed by atoms with Gasteiger partial charge in [-0.15, -0.1) is 0 Å². The molecule has 178 valence electrons. The van der Waals surface area contributed by atoms with Crippen LogP contribution >= 0.6 is 0 Å². The van der Waals surface area contributed by atoms with Crippen molar-refractivity contribution in [3.63, 3.8) is 0 Å². The number of nitrogens with zero attached hydrogens (tertiary/aromatic N) is 3. The molecule has 1 saturated heterocycles. The van der Waals surface area contributed by atoms with Crippen LogP contribution in [0.15, 0.2) is 48.2 Å². The predicted molar refractivity (Wildman–Crippen MR) is 128 cm³/mol. The first kappa shape index (κ1) is 23.5. The van der Waals surface area contributed by atoms with E-state index in [9.17, 15) is 14.7 Å². The van der Waals surface area contributed by atoms with Crippen molar-refractivity contribution >= 4 is 23.1 Å². The van der Waals surface area contributed by atoms with Crippen LogP contribution in [0.25, 0.3) is 11.4 Å². The number of carbonyl (C=O) groups excluding carboxylic acids is 2. The fraction of sp³-hybridized carbons (Fsp3) is 0.346. The van der Waals surface area contributed by atoms with E-state index in [1.165, 1.54) is 4.90 Å². The van der Waals surface area contributed by atoms with Crippen molar-refractivity contribution in [1.29, 1.82) is 0 Å². The molecule has 4 rings (SSSR count). The molecular weight excluding hydrogens is 434 g/mol. The van der Waals surface area contributed by atoms with Crippen molar-refractivity contribution in [1.82, 2.24) is 14.3 Å². The lowest BCUT2D eigenvalue weighted by Crippen LogP contribution is -2.31. The summed E-state index contributed by atoms with van der Waals surface area (Å²) in [5, 5.41) is 11.4. The van der Waals surface area contributed by atoms with Crippen LogP contribution in [0.5, 0.6) is 5.75 Å². The molecule has 1 aliphatic heterocycles. The quantitative estimate of drug-likeness (QED) is 0.236. The van der Waals surface area contributed by atoms with E-state index in [4.69, 9.17) is 9.47 Å². The Morgan fingerprint density at radius 1 is 1.15 bits per heavy atom. The molecular formula is C26H29N3O5.